The quantitative estimate of drug-likeness (QED) is 0.839. The Morgan fingerprint density at radius 3 is 2.94 bits per heavy atom. The molecule has 1 aromatic rings. The molecule has 0 saturated carbocycles. The van der Waals surface area contributed by atoms with Gasteiger partial charge in [-0.1, -0.05) is 6.92 Å². The molecule has 0 amide bonds. The van der Waals surface area contributed by atoms with Crippen LogP contribution in [0.1, 0.15) is 33.1 Å². The first-order chi connectivity index (χ1) is 8.72. The van der Waals surface area contributed by atoms with Crippen molar-refractivity contribution in [2.24, 2.45) is 0 Å². The Morgan fingerprint density at radius 1 is 1.39 bits per heavy atom. The summed E-state index contributed by atoms with van der Waals surface area (Å²) >= 11 is 0. The van der Waals surface area contributed by atoms with Gasteiger partial charge < -0.3 is 15.4 Å². The highest BCUT2D eigenvalue weighted by Gasteiger charge is 2.27. The Hall–Kier alpha value is -1.36. The number of aromatic nitrogens is 2. The Balaban J connectivity index is 1.99. The van der Waals surface area contributed by atoms with Crippen LogP contribution in [0.2, 0.25) is 0 Å². The van der Waals surface area contributed by atoms with Gasteiger partial charge in [0.1, 0.15) is 11.6 Å². The fraction of sp³-hybridized carbons (Fsp3) is 0.692. The average molecular weight is 250 g/mol. The number of anilines is 2. The zero-order chi connectivity index (χ0) is 12.8. The van der Waals surface area contributed by atoms with Crippen LogP contribution in [0.25, 0.3) is 0 Å². The Morgan fingerprint density at radius 2 is 2.22 bits per heavy atom. The molecule has 1 saturated heterocycles. The molecule has 2 rings (SSSR count). The highest BCUT2D eigenvalue weighted by Crippen LogP contribution is 2.23. The second-order valence-corrected chi connectivity index (χ2v) is 5.06. The highest BCUT2D eigenvalue weighted by molar-refractivity contribution is 5.43. The molecule has 2 N–H and O–H groups in total. The van der Waals surface area contributed by atoms with Crippen LogP contribution in [0, 0.1) is 0 Å². The lowest BCUT2D eigenvalue weighted by Crippen LogP contribution is -2.43. The average Bonchev–Trinajstić information content (AvgIpc) is 2.37. The molecule has 0 radical (unpaired) electrons. The van der Waals surface area contributed by atoms with Crippen LogP contribution < -0.4 is 10.6 Å². The summed E-state index contributed by atoms with van der Waals surface area (Å²) in [5.74, 6) is 1.63. The molecule has 0 spiro atoms. The zero-order valence-electron chi connectivity index (χ0n) is 11.2. The van der Waals surface area contributed by atoms with Gasteiger partial charge in [0.05, 0.1) is 24.5 Å². The van der Waals surface area contributed by atoms with E-state index in [0.717, 1.165) is 50.7 Å². The van der Waals surface area contributed by atoms with Crippen LogP contribution in [-0.4, -0.2) is 35.3 Å². The summed E-state index contributed by atoms with van der Waals surface area (Å²) in [5.41, 5.74) is -0.0314. The van der Waals surface area contributed by atoms with Crippen molar-refractivity contribution >= 4 is 11.6 Å². The maximum absolute atomic E-state index is 5.53. The van der Waals surface area contributed by atoms with Gasteiger partial charge in [-0.3, -0.25) is 4.98 Å². The number of nitrogens with zero attached hydrogens (tertiary/aromatic N) is 2. The van der Waals surface area contributed by atoms with Crippen molar-refractivity contribution in [2.75, 3.05) is 30.4 Å². The van der Waals surface area contributed by atoms with E-state index >= 15 is 0 Å². The van der Waals surface area contributed by atoms with Crippen LogP contribution >= 0.6 is 0 Å². The van der Waals surface area contributed by atoms with E-state index in [9.17, 15) is 0 Å². The molecule has 0 aromatic carbocycles. The van der Waals surface area contributed by atoms with E-state index < -0.39 is 0 Å². The van der Waals surface area contributed by atoms with Gasteiger partial charge in [-0.2, -0.15) is 0 Å². The fourth-order valence-electron chi connectivity index (χ4n) is 2.11. The van der Waals surface area contributed by atoms with E-state index in [1.807, 2.05) is 0 Å². The smallest absolute Gasteiger partial charge is 0.147 e. The molecule has 1 aliphatic heterocycles. The SMILES string of the molecule is CCCNc1cncc(NC2(C)CCCOC2)n1. The topological polar surface area (TPSA) is 59.1 Å². The van der Waals surface area contributed by atoms with E-state index in [1.54, 1.807) is 12.4 Å². The maximum Gasteiger partial charge on any atom is 0.147 e. The monoisotopic (exact) mass is 250 g/mol. The van der Waals surface area contributed by atoms with Gasteiger partial charge >= 0.3 is 0 Å². The number of nitrogens with one attached hydrogen (secondary N) is 2. The van der Waals surface area contributed by atoms with Crippen LogP contribution in [0.3, 0.4) is 0 Å². The van der Waals surface area contributed by atoms with Crippen molar-refractivity contribution in [1.82, 2.24) is 9.97 Å². The van der Waals surface area contributed by atoms with Crippen molar-refractivity contribution in [3.63, 3.8) is 0 Å². The van der Waals surface area contributed by atoms with Gasteiger partial charge in [-0.25, -0.2) is 4.98 Å². The van der Waals surface area contributed by atoms with E-state index in [2.05, 4.69) is 34.4 Å². The van der Waals surface area contributed by atoms with E-state index in [1.165, 1.54) is 0 Å². The Kier molecular flexibility index (Phi) is 4.36. The van der Waals surface area contributed by atoms with Crippen LogP contribution in [0.15, 0.2) is 12.4 Å². The van der Waals surface area contributed by atoms with Gasteiger partial charge in [0.25, 0.3) is 0 Å². The minimum absolute atomic E-state index is 0.0314. The summed E-state index contributed by atoms with van der Waals surface area (Å²) in [4.78, 5) is 8.72. The summed E-state index contributed by atoms with van der Waals surface area (Å²) in [7, 11) is 0. The molecule has 5 nitrogen and oxygen atoms in total. The summed E-state index contributed by atoms with van der Waals surface area (Å²) in [6.45, 7) is 6.80. The van der Waals surface area contributed by atoms with E-state index in [-0.39, 0.29) is 5.54 Å². The lowest BCUT2D eigenvalue weighted by Gasteiger charge is -2.34. The predicted octanol–water partition coefficient (Wildman–Crippen LogP) is 2.28. The highest BCUT2D eigenvalue weighted by atomic mass is 16.5. The summed E-state index contributed by atoms with van der Waals surface area (Å²) < 4.78 is 5.53. The van der Waals surface area contributed by atoms with E-state index in [0.29, 0.717) is 0 Å². The summed E-state index contributed by atoms with van der Waals surface area (Å²) in [6, 6.07) is 0. The van der Waals surface area contributed by atoms with Gasteiger partial charge in [-0.15, -0.1) is 0 Å². The molecule has 100 valence electrons. The fourth-order valence-corrected chi connectivity index (χ4v) is 2.11. The van der Waals surface area contributed by atoms with E-state index in [4.69, 9.17) is 4.74 Å². The normalized spacial score (nSPS) is 23.7. The first kappa shape index (κ1) is 13.1. The van der Waals surface area contributed by atoms with Crippen LogP contribution in [-0.2, 0) is 4.74 Å². The number of hydrogen-bond donors (Lipinski definition) is 2. The molecule has 1 atom stereocenters. The molecule has 1 unspecified atom stereocenters. The molecule has 5 heteroatoms. The van der Waals surface area contributed by atoms with Crippen molar-refractivity contribution in [1.29, 1.82) is 0 Å². The van der Waals surface area contributed by atoms with Gasteiger partial charge in [0.15, 0.2) is 0 Å². The van der Waals surface area contributed by atoms with Crippen LogP contribution in [0.4, 0.5) is 11.6 Å². The molecular formula is C13H22N4O. The first-order valence-electron chi connectivity index (χ1n) is 6.64. The Bertz CT molecular complexity index is 377. The van der Waals surface area contributed by atoms with Crippen molar-refractivity contribution in [2.45, 2.75) is 38.6 Å². The Labute approximate surface area is 108 Å². The molecule has 1 aromatic heterocycles. The summed E-state index contributed by atoms with van der Waals surface area (Å²) in [5, 5.41) is 6.68. The third kappa shape index (κ3) is 3.57. The van der Waals surface area contributed by atoms with Crippen molar-refractivity contribution < 1.29 is 4.74 Å². The molecule has 18 heavy (non-hydrogen) atoms. The third-order valence-corrected chi connectivity index (χ3v) is 3.06. The second-order valence-electron chi connectivity index (χ2n) is 5.06. The minimum Gasteiger partial charge on any atom is -0.379 e. The van der Waals surface area contributed by atoms with Gasteiger partial charge in [-0.05, 0) is 26.2 Å². The van der Waals surface area contributed by atoms with Crippen LogP contribution in [0.5, 0.6) is 0 Å². The standard InChI is InChI=1S/C13H22N4O/c1-3-6-15-11-8-14-9-12(16-11)17-13(2)5-4-7-18-10-13/h8-9H,3-7,10H2,1-2H3,(H2,15,16,17). The number of hydrogen-bond acceptors (Lipinski definition) is 5. The largest absolute Gasteiger partial charge is 0.379 e. The lowest BCUT2D eigenvalue weighted by atomic mass is 9.95. The second kappa shape index (κ2) is 6.00. The molecule has 1 aliphatic rings. The summed E-state index contributed by atoms with van der Waals surface area (Å²) in [6.07, 6.45) is 6.77. The number of ether oxygens (including phenoxy) is 1. The lowest BCUT2D eigenvalue weighted by molar-refractivity contribution is 0.0539. The molecule has 2 heterocycles. The molecule has 0 bridgehead atoms. The number of rotatable bonds is 5. The maximum atomic E-state index is 5.53. The van der Waals surface area contributed by atoms with Gasteiger partial charge in [0.2, 0.25) is 0 Å². The van der Waals surface area contributed by atoms with Crippen molar-refractivity contribution in [3.8, 4) is 0 Å². The predicted molar refractivity (Wildman–Crippen MR) is 72.9 cm³/mol. The first-order valence-corrected chi connectivity index (χ1v) is 6.64. The molecular weight excluding hydrogens is 228 g/mol. The molecule has 0 aliphatic carbocycles. The van der Waals surface area contributed by atoms with Gasteiger partial charge in [0, 0.05) is 13.2 Å². The van der Waals surface area contributed by atoms with Crippen molar-refractivity contribution in [3.05, 3.63) is 12.4 Å². The molecule has 1 fully saturated rings. The minimum atomic E-state index is -0.0314. The third-order valence-electron chi connectivity index (χ3n) is 3.06. The zero-order valence-corrected chi connectivity index (χ0v) is 11.2.